The van der Waals surface area contributed by atoms with E-state index in [-0.39, 0.29) is 25.2 Å². The lowest BCUT2D eigenvalue weighted by atomic mass is 10.0. The van der Waals surface area contributed by atoms with Gasteiger partial charge in [-0.05, 0) is 18.8 Å². The van der Waals surface area contributed by atoms with Crippen molar-refractivity contribution < 1.29 is 24.2 Å². The van der Waals surface area contributed by atoms with Gasteiger partial charge in [0.05, 0.1) is 0 Å². The summed E-state index contributed by atoms with van der Waals surface area (Å²) in [4.78, 5) is 23.7. The molecule has 1 atom stereocenters. The van der Waals surface area contributed by atoms with Crippen molar-refractivity contribution in [2.45, 2.75) is 181 Å². The highest BCUT2D eigenvalue weighted by atomic mass is 16.6. The summed E-state index contributed by atoms with van der Waals surface area (Å²) in [5, 5.41) is 9.94. The van der Waals surface area contributed by atoms with Gasteiger partial charge in [-0.3, -0.25) is 9.59 Å². The van der Waals surface area contributed by atoms with Crippen LogP contribution in [-0.2, 0) is 19.1 Å². The highest BCUT2D eigenvalue weighted by Crippen LogP contribution is 2.14. The Hall–Kier alpha value is -1.10. The molecular formula is C33H64O5. The second-order valence-electron chi connectivity index (χ2n) is 11.8. The zero-order valence-electron chi connectivity index (χ0n) is 25.6. The Morgan fingerprint density at radius 2 is 0.842 bits per heavy atom. The number of carbonyl (C=O) groups excluding carboxylic acids is 2. The SMILES string of the molecule is CCCCCCCCCCCCCCC(=O)OC[C@@H](O)COC(=O)CCCCCCCCCCCC(C)C. The lowest BCUT2D eigenvalue weighted by Gasteiger charge is -2.12. The maximum atomic E-state index is 11.9. The Kier molecular flexibility index (Phi) is 28.1. The molecule has 0 saturated heterocycles. The van der Waals surface area contributed by atoms with Gasteiger partial charge in [-0.15, -0.1) is 0 Å². The summed E-state index contributed by atoms with van der Waals surface area (Å²) >= 11 is 0. The molecule has 0 bridgehead atoms. The molecule has 0 aliphatic heterocycles. The maximum Gasteiger partial charge on any atom is 0.305 e. The van der Waals surface area contributed by atoms with Crippen molar-refractivity contribution in [1.29, 1.82) is 0 Å². The molecule has 5 heteroatoms. The number of rotatable bonds is 29. The molecule has 38 heavy (non-hydrogen) atoms. The van der Waals surface area contributed by atoms with Gasteiger partial charge in [0.15, 0.2) is 0 Å². The second kappa shape index (κ2) is 28.9. The first-order valence-electron chi connectivity index (χ1n) is 16.4. The molecule has 226 valence electrons. The average Bonchev–Trinajstić information content (AvgIpc) is 2.89. The number of ether oxygens (including phenoxy) is 2. The van der Waals surface area contributed by atoms with E-state index in [9.17, 15) is 14.7 Å². The lowest BCUT2D eigenvalue weighted by molar-refractivity contribution is -0.152. The summed E-state index contributed by atoms with van der Waals surface area (Å²) in [5.74, 6) is 0.260. The predicted octanol–water partition coefficient (Wildman–Crippen LogP) is 9.47. The van der Waals surface area contributed by atoms with Crippen LogP contribution in [0.4, 0.5) is 0 Å². The van der Waals surface area contributed by atoms with E-state index >= 15 is 0 Å². The molecule has 1 N–H and O–H groups in total. The van der Waals surface area contributed by atoms with Gasteiger partial charge in [-0.25, -0.2) is 0 Å². The third-order valence-corrected chi connectivity index (χ3v) is 7.27. The van der Waals surface area contributed by atoms with E-state index in [2.05, 4.69) is 20.8 Å². The molecule has 0 saturated carbocycles. The number of hydrogen-bond acceptors (Lipinski definition) is 5. The number of aliphatic hydroxyl groups excluding tert-OH is 1. The molecule has 0 aromatic heterocycles. The summed E-state index contributed by atoms with van der Waals surface area (Å²) in [7, 11) is 0. The van der Waals surface area contributed by atoms with E-state index in [1.54, 1.807) is 0 Å². The minimum Gasteiger partial charge on any atom is -0.463 e. The van der Waals surface area contributed by atoms with Crippen LogP contribution in [0, 0.1) is 5.92 Å². The summed E-state index contributed by atoms with van der Waals surface area (Å²) < 4.78 is 10.3. The standard InChI is InChI=1S/C33H64O5/c1-4-5-6-7-8-9-10-11-14-17-20-23-26-32(35)37-28-31(34)29-38-33(36)27-24-21-18-15-12-13-16-19-22-25-30(2)3/h30-31,34H,4-29H2,1-3H3/t31-/m1/s1. The van der Waals surface area contributed by atoms with Crippen LogP contribution in [0.5, 0.6) is 0 Å². The van der Waals surface area contributed by atoms with E-state index in [0.29, 0.717) is 12.8 Å². The van der Waals surface area contributed by atoms with Gasteiger partial charge in [-0.1, -0.05) is 149 Å². The van der Waals surface area contributed by atoms with E-state index in [4.69, 9.17) is 9.47 Å². The van der Waals surface area contributed by atoms with E-state index < -0.39 is 6.10 Å². The lowest BCUT2D eigenvalue weighted by Crippen LogP contribution is -2.25. The Morgan fingerprint density at radius 3 is 1.18 bits per heavy atom. The zero-order valence-corrected chi connectivity index (χ0v) is 25.6. The monoisotopic (exact) mass is 540 g/mol. The van der Waals surface area contributed by atoms with Crippen molar-refractivity contribution in [1.82, 2.24) is 0 Å². The topological polar surface area (TPSA) is 72.8 Å². The van der Waals surface area contributed by atoms with Crippen molar-refractivity contribution >= 4 is 11.9 Å². The first kappa shape index (κ1) is 36.9. The van der Waals surface area contributed by atoms with Crippen LogP contribution in [-0.4, -0.2) is 36.4 Å². The molecule has 0 heterocycles. The highest BCUT2D eigenvalue weighted by Gasteiger charge is 2.12. The van der Waals surface area contributed by atoms with Gasteiger partial charge in [-0.2, -0.15) is 0 Å². The van der Waals surface area contributed by atoms with Gasteiger partial charge in [0.2, 0.25) is 0 Å². The largest absolute Gasteiger partial charge is 0.463 e. The van der Waals surface area contributed by atoms with E-state index in [1.807, 2.05) is 0 Å². The van der Waals surface area contributed by atoms with Gasteiger partial charge in [0, 0.05) is 12.8 Å². The smallest absolute Gasteiger partial charge is 0.305 e. The van der Waals surface area contributed by atoms with Crippen molar-refractivity contribution in [3.8, 4) is 0 Å². The minimum absolute atomic E-state index is 0.109. The fourth-order valence-electron chi connectivity index (χ4n) is 4.74. The first-order valence-corrected chi connectivity index (χ1v) is 16.4. The van der Waals surface area contributed by atoms with Crippen molar-refractivity contribution in [2.75, 3.05) is 13.2 Å². The third-order valence-electron chi connectivity index (χ3n) is 7.27. The molecular weight excluding hydrogens is 476 g/mol. The van der Waals surface area contributed by atoms with Crippen LogP contribution in [0.1, 0.15) is 175 Å². The highest BCUT2D eigenvalue weighted by molar-refractivity contribution is 5.69. The van der Waals surface area contributed by atoms with Crippen LogP contribution in [0.3, 0.4) is 0 Å². The maximum absolute atomic E-state index is 11.9. The van der Waals surface area contributed by atoms with Crippen LogP contribution >= 0.6 is 0 Å². The van der Waals surface area contributed by atoms with Crippen LogP contribution < -0.4 is 0 Å². The van der Waals surface area contributed by atoms with Crippen LogP contribution in [0.15, 0.2) is 0 Å². The molecule has 5 nitrogen and oxygen atoms in total. The minimum atomic E-state index is -0.953. The van der Waals surface area contributed by atoms with Crippen molar-refractivity contribution in [3.63, 3.8) is 0 Å². The fourth-order valence-corrected chi connectivity index (χ4v) is 4.74. The summed E-state index contributed by atoms with van der Waals surface area (Å²) in [5.41, 5.74) is 0. The number of carbonyl (C=O) groups is 2. The molecule has 0 aromatic carbocycles. The summed E-state index contributed by atoms with van der Waals surface area (Å²) in [6.45, 7) is 6.61. The predicted molar refractivity (Wildman–Crippen MR) is 159 cm³/mol. The normalized spacial score (nSPS) is 12.1. The Balaban J connectivity index is 3.42. The van der Waals surface area contributed by atoms with E-state index in [1.165, 1.54) is 109 Å². The molecule has 0 aromatic rings. The van der Waals surface area contributed by atoms with E-state index in [0.717, 1.165) is 38.0 Å². The summed E-state index contributed by atoms with van der Waals surface area (Å²) in [6, 6.07) is 0. The van der Waals surface area contributed by atoms with Crippen LogP contribution in [0.2, 0.25) is 0 Å². The van der Waals surface area contributed by atoms with Crippen LogP contribution in [0.25, 0.3) is 0 Å². The molecule has 0 rings (SSSR count). The Labute approximate surface area is 236 Å². The molecule has 0 fully saturated rings. The van der Waals surface area contributed by atoms with Gasteiger partial charge >= 0.3 is 11.9 Å². The third kappa shape index (κ3) is 29.5. The molecule has 0 radical (unpaired) electrons. The molecule has 0 amide bonds. The quantitative estimate of drug-likeness (QED) is 0.0755. The molecule has 0 unspecified atom stereocenters. The van der Waals surface area contributed by atoms with Crippen molar-refractivity contribution in [2.24, 2.45) is 5.92 Å². The van der Waals surface area contributed by atoms with Crippen molar-refractivity contribution in [3.05, 3.63) is 0 Å². The zero-order chi connectivity index (χ0) is 28.1. The average molecular weight is 541 g/mol. The number of aliphatic hydroxyl groups is 1. The fraction of sp³-hybridized carbons (Fsp3) is 0.939. The number of unbranched alkanes of at least 4 members (excludes halogenated alkanes) is 19. The molecule has 0 spiro atoms. The van der Waals surface area contributed by atoms with Gasteiger partial charge in [0.1, 0.15) is 19.3 Å². The Bertz CT molecular complexity index is 520. The van der Waals surface area contributed by atoms with Gasteiger partial charge < -0.3 is 14.6 Å². The Morgan fingerprint density at radius 1 is 0.526 bits per heavy atom. The first-order chi connectivity index (χ1) is 18.5. The second-order valence-corrected chi connectivity index (χ2v) is 11.8. The number of esters is 2. The van der Waals surface area contributed by atoms with Gasteiger partial charge in [0.25, 0.3) is 0 Å². The number of hydrogen-bond donors (Lipinski definition) is 1. The molecule has 0 aliphatic carbocycles. The molecule has 0 aliphatic rings. The summed E-state index contributed by atoms with van der Waals surface area (Å²) in [6.07, 6.45) is 27.2.